The molecule has 3 heterocycles. The smallest absolute Gasteiger partial charge is 0.221 e. The van der Waals surface area contributed by atoms with Gasteiger partial charge in [-0.25, -0.2) is 9.67 Å². The van der Waals surface area contributed by atoms with Crippen LogP contribution in [0.1, 0.15) is 39.6 Å². The monoisotopic (exact) mass is 353 g/mol. The van der Waals surface area contributed by atoms with E-state index in [1.165, 1.54) is 11.3 Å². The number of nitrogens with zero attached hydrogens (tertiary/aromatic N) is 3. The van der Waals surface area contributed by atoms with Crippen molar-refractivity contribution in [3.05, 3.63) is 57.9 Å². The molecule has 1 aliphatic heterocycles. The van der Waals surface area contributed by atoms with Crippen LogP contribution in [0.3, 0.4) is 0 Å². The van der Waals surface area contributed by atoms with Crippen LogP contribution < -0.4 is 11.1 Å². The molecule has 1 unspecified atom stereocenters. The molecule has 7 heteroatoms. The number of carbonyl (C=O) groups excluding carboxylic acids is 1. The zero-order valence-corrected chi connectivity index (χ0v) is 14.9. The largest absolute Gasteiger partial charge is 0.375 e. The number of benzene rings is 1. The van der Waals surface area contributed by atoms with E-state index in [2.05, 4.69) is 41.4 Å². The highest BCUT2D eigenvalue weighted by Gasteiger charge is 2.30. The Hall–Kier alpha value is -2.67. The van der Waals surface area contributed by atoms with E-state index >= 15 is 0 Å². The van der Waals surface area contributed by atoms with E-state index in [1.54, 1.807) is 6.20 Å². The average Bonchev–Trinajstić information content (AvgIpc) is 3.16. The third-order valence-electron chi connectivity index (χ3n) is 4.49. The summed E-state index contributed by atoms with van der Waals surface area (Å²) < 4.78 is 1.87. The molecule has 25 heavy (non-hydrogen) atoms. The summed E-state index contributed by atoms with van der Waals surface area (Å²) in [5, 5.41) is 7.88. The lowest BCUT2D eigenvalue weighted by atomic mass is 9.89. The Morgan fingerprint density at radius 2 is 2.20 bits per heavy atom. The molecule has 3 aromatic rings. The van der Waals surface area contributed by atoms with E-state index in [9.17, 15) is 4.79 Å². The van der Waals surface area contributed by atoms with E-state index in [-0.39, 0.29) is 11.8 Å². The zero-order valence-electron chi connectivity index (χ0n) is 14.1. The Bertz CT molecular complexity index is 945. The molecule has 0 radical (unpaired) electrons. The molecule has 128 valence electrons. The van der Waals surface area contributed by atoms with Gasteiger partial charge in [0.25, 0.3) is 0 Å². The van der Waals surface area contributed by atoms with Gasteiger partial charge in [-0.1, -0.05) is 17.7 Å². The Labute approximate surface area is 149 Å². The Balaban J connectivity index is 1.96. The maximum absolute atomic E-state index is 12.3. The topological polar surface area (TPSA) is 85.8 Å². The lowest BCUT2D eigenvalue weighted by Gasteiger charge is -2.21. The molecule has 0 fully saturated rings. The summed E-state index contributed by atoms with van der Waals surface area (Å²) in [6.45, 7) is 4.58. The number of amides is 1. The van der Waals surface area contributed by atoms with Crippen LogP contribution in [0.5, 0.6) is 0 Å². The normalized spacial score (nSPS) is 17.0. The molecule has 3 N–H and O–H groups in total. The summed E-state index contributed by atoms with van der Waals surface area (Å²) in [4.78, 5) is 17.8. The predicted molar refractivity (Wildman–Crippen MR) is 97.9 cm³/mol. The number of anilines is 1. The zero-order chi connectivity index (χ0) is 17.6. The minimum atomic E-state index is -0.0786. The van der Waals surface area contributed by atoms with Gasteiger partial charge < -0.3 is 11.1 Å². The van der Waals surface area contributed by atoms with Crippen LogP contribution in [0, 0.1) is 13.8 Å². The predicted octanol–water partition coefficient (Wildman–Crippen LogP) is 2.68. The van der Waals surface area contributed by atoms with Crippen molar-refractivity contribution < 1.29 is 4.79 Å². The molecule has 0 saturated carbocycles. The minimum Gasteiger partial charge on any atom is -0.375 e. The molecule has 0 bridgehead atoms. The van der Waals surface area contributed by atoms with Gasteiger partial charge in [-0.2, -0.15) is 5.10 Å². The maximum Gasteiger partial charge on any atom is 0.221 e. The average molecular weight is 353 g/mol. The fraction of sp³-hybridized carbons (Fsp3) is 0.278. The van der Waals surface area contributed by atoms with Crippen LogP contribution in [-0.2, 0) is 11.3 Å². The van der Waals surface area contributed by atoms with Gasteiger partial charge in [0.15, 0.2) is 5.13 Å². The summed E-state index contributed by atoms with van der Waals surface area (Å²) in [7, 11) is 0. The second-order valence-electron chi connectivity index (χ2n) is 6.37. The molecule has 0 spiro atoms. The third-order valence-corrected chi connectivity index (χ3v) is 5.53. The van der Waals surface area contributed by atoms with Crippen LogP contribution >= 0.6 is 11.3 Å². The lowest BCUT2D eigenvalue weighted by Crippen LogP contribution is -2.22. The molecule has 1 atom stereocenters. The molecule has 0 saturated heterocycles. The van der Waals surface area contributed by atoms with Crippen molar-refractivity contribution in [1.82, 2.24) is 20.1 Å². The number of carbonyl (C=O) groups is 1. The number of rotatable bonds is 2. The van der Waals surface area contributed by atoms with Crippen LogP contribution in [-0.4, -0.2) is 20.7 Å². The number of aryl methyl sites for hydroxylation is 2. The van der Waals surface area contributed by atoms with Gasteiger partial charge >= 0.3 is 0 Å². The SMILES string of the molecule is Cc1cc(C)c(-n2cccn2)c(C2CC(=O)NCc3nc(N)sc32)c1. The second-order valence-corrected chi connectivity index (χ2v) is 7.43. The number of nitrogens with one attached hydrogen (secondary N) is 1. The van der Waals surface area contributed by atoms with E-state index in [0.717, 1.165) is 32.9 Å². The molecule has 1 aliphatic rings. The summed E-state index contributed by atoms with van der Waals surface area (Å²) in [5.41, 5.74) is 11.2. The van der Waals surface area contributed by atoms with Crippen molar-refractivity contribution in [2.75, 3.05) is 5.73 Å². The number of hydrogen-bond donors (Lipinski definition) is 2. The molecule has 0 aliphatic carbocycles. The van der Waals surface area contributed by atoms with Crippen molar-refractivity contribution in [2.45, 2.75) is 32.7 Å². The molecular weight excluding hydrogens is 334 g/mol. The maximum atomic E-state index is 12.3. The van der Waals surface area contributed by atoms with Gasteiger partial charge in [0.2, 0.25) is 5.91 Å². The molecule has 1 amide bonds. The van der Waals surface area contributed by atoms with E-state index < -0.39 is 0 Å². The Morgan fingerprint density at radius 1 is 1.36 bits per heavy atom. The second kappa shape index (κ2) is 6.00. The highest BCUT2D eigenvalue weighted by molar-refractivity contribution is 7.15. The van der Waals surface area contributed by atoms with Crippen molar-refractivity contribution in [3.63, 3.8) is 0 Å². The summed E-state index contributed by atoms with van der Waals surface area (Å²) in [5.74, 6) is -0.0514. The molecule has 4 rings (SSSR count). The lowest BCUT2D eigenvalue weighted by molar-refractivity contribution is -0.121. The van der Waals surface area contributed by atoms with E-state index in [4.69, 9.17) is 5.73 Å². The Morgan fingerprint density at radius 3 is 2.96 bits per heavy atom. The first kappa shape index (κ1) is 15.8. The first-order valence-electron chi connectivity index (χ1n) is 8.16. The van der Waals surface area contributed by atoms with Gasteiger partial charge in [-0.05, 0) is 31.0 Å². The summed E-state index contributed by atoms with van der Waals surface area (Å²) >= 11 is 1.47. The quantitative estimate of drug-likeness (QED) is 0.742. The van der Waals surface area contributed by atoms with Gasteiger partial charge in [0, 0.05) is 29.6 Å². The molecule has 6 nitrogen and oxygen atoms in total. The highest BCUT2D eigenvalue weighted by atomic mass is 32.1. The van der Waals surface area contributed by atoms with Crippen LogP contribution in [0.15, 0.2) is 30.6 Å². The number of hydrogen-bond acceptors (Lipinski definition) is 5. The van der Waals surface area contributed by atoms with Crippen LogP contribution in [0.25, 0.3) is 5.69 Å². The Kier molecular flexibility index (Phi) is 3.80. The van der Waals surface area contributed by atoms with Gasteiger partial charge in [0.05, 0.1) is 17.9 Å². The van der Waals surface area contributed by atoms with E-state index in [1.807, 2.05) is 16.9 Å². The third kappa shape index (κ3) is 2.80. The van der Waals surface area contributed by atoms with Gasteiger partial charge in [-0.3, -0.25) is 4.79 Å². The minimum absolute atomic E-state index is 0.0272. The molecular formula is C18H19N5OS. The standard InChI is InChI=1S/C18H19N5OS/c1-10-6-11(2)16(23-5-3-4-21-23)12(7-10)13-8-15(24)20-9-14-17(13)25-18(19)22-14/h3-7,13H,8-9H2,1-2H3,(H2,19,22)(H,20,24). The number of nitrogen functional groups attached to an aromatic ring is 1. The summed E-state index contributed by atoms with van der Waals surface area (Å²) in [6, 6.07) is 6.19. The fourth-order valence-corrected chi connectivity index (χ4v) is 4.51. The first-order chi connectivity index (χ1) is 12.0. The number of fused-ring (bicyclic) bond motifs is 1. The van der Waals surface area contributed by atoms with E-state index in [0.29, 0.717) is 18.1 Å². The van der Waals surface area contributed by atoms with Gasteiger partial charge in [0.1, 0.15) is 0 Å². The van der Waals surface area contributed by atoms with Gasteiger partial charge in [-0.15, -0.1) is 11.3 Å². The van der Waals surface area contributed by atoms with Crippen molar-refractivity contribution in [2.24, 2.45) is 0 Å². The van der Waals surface area contributed by atoms with Crippen LogP contribution in [0.2, 0.25) is 0 Å². The number of nitrogens with two attached hydrogens (primary N) is 1. The van der Waals surface area contributed by atoms with Crippen molar-refractivity contribution >= 4 is 22.4 Å². The summed E-state index contributed by atoms with van der Waals surface area (Å²) in [6.07, 6.45) is 4.07. The first-order valence-corrected chi connectivity index (χ1v) is 8.97. The van der Waals surface area contributed by atoms with Crippen LogP contribution in [0.4, 0.5) is 5.13 Å². The number of aromatic nitrogens is 3. The fourth-order valence-electron chi connectivity index (χ4n) is 3.54. The van der Waals surface area contributed by atoms with Crippen molar-refractivity contribution in [1.29, 1.82) is 0 Å². The number of thiazole rings is 1. The highest BCUT2D eigenvalue weighted by Crippen LogP contribution is 2.40. The van der Waals surface area contributed by atoms with Crippen molar-refractivity contribution in [3.8, 4) is 5.69 Å². The molecule has 2 aromatic heterocycles. The molecule has 1 aromatic carbocycles.